The van der Waals surface area contributed by atoms with Crippen LogP contribution in [0.15, 0.2) is 59.4 Å². The molecule has 3 aromatic rings. The molecule has 142 valence electrons. The third-order valence-corrected chi connectivity index (χ3v) is 3.94. The van der Waals surface area contributed by atoms with Gasteiger partial charge in [0.25, 0.3) is 5.91 Å². The molecule has 28 heavy (non-hydrogen) atoms. The molecule has 0 saturated heterocycles. The number of ether oxygens (including phenoxy) is 1. The van der Waals surface area contributed by atoms with Crippen LogP contribution in [-0.4, -0.2) is 28.8 Å². The Hall–Kier alpha value is -3.81. The molecule has 0 aliphatic heterocycles. The smallest absolute Gasteiger partial charge is 0.337 e. The first-order valence-electron chi connectivity index (χ1n) is 8.26. The van der Waals surface area contributed by atoms with E-state index >= 15 is 0 Å². The third-order valence-electron chi connectivity index (χ3n) is 3.94. The predicted octanol–water partition coefficient (Wildman–Crippen LogP) is 2.72. The molecule has 0 aliphatic carbocycles. The fraction of sp³-hybridized carbons (Fsp3) is 0.100. The van der Waals surface area contributed by atoms with E-state index in [1.165, 1.54) is 48.2 Å². The number of carbonyl (C=O) groups excluding carboxylic acids is 2. The summed E-state index contributed by atoms with van der Waals surface area (Å²) >= 11 is 0. The Labute approximate surface area is 159 Å². The van der Waals surface area contributed by atoms with Crippen molar-refractivity contribution in [2.75, 3.05) is 12.4 Å². The number of benzene rings is 2. The van der Waals surface area contributed by atoms with Gasteiger partial charge in [-0.25, -0.2) is 13.9 Å². The molecule has 0 unspecified atom stereocenters. The largest absolute Gasteiger partial charge is 0.465 e. The average molecular weight is 381 g/mol. The van der Waals surface area contributed by atoms with E-state index in [4.69, 9.17) is 0 Å². The number of nitrogens with zero attached hydrogens (tertiary/aromatic N) is 2. The molecule has 7 nitrogen and oxygen atoms in total. The maximum Gasteiger partial charge on any atom is 0.337 e. The summed E-state index contributed by atoms with van der Waals surface area (Å²) in [7, 11) is 1.25. The number of esters is 1. The number of nitrogens with one attached hydrogen (secondary N) is 1. The Kier molecular flexibility index (Phi) is 5.30. The first kappa shape index (κ1) is 19.0. The fourth-order valence-electron chi connectivity index (χ4n) is 2.60. The van der Waals surface area contributed by atoms with Crippen LogP contribution in [0, 0.1) is 12.7 Å². The monoisotopic (exact) mass is 381 g/mol. The van der Waals surface area contributed by atoms with E-state index in [9.17, 15) is 18.8 Å². The summed E-state index contributed by atoms with van der Waals surface area (Å²) in [6.07, 6.45) is 0. The summed E-state index contributed by atoms with van der Waals surface area (Å²) in [5.74, 6) is -1.89. The Bertz CT molecular complexity index is 1120. The molecular weight excluding hydrogens is 365 g/mol. The maximum atomic E-state index is 14.1. The Morgan fingerprint density at radius 3 is 2.57 bits per heavy atom. The second-order valence-corrected chi connectivity index (χ2v) is 5.89. The number of rotatable bonds is 4. The van der Waals surface area contributed by atoms with E-state index < -0.39 is 28.8 Å². The third kappa shape index (κ3) is 3.80. The van der Waals surface area contributed by atoms with Gasteiger partial charge >= 0.3 is 5.97 Å². The number of para-hydroxylation sites is 1. The van der Waals surface area contributed by atoms with Gasteiger partial charge in [0, 0.05) is 17.4 Å². The molecule has 0 aliphatic rings. The van der Waals surface area contributed by atoms with Crippen LogP contribution in [0.25, 0.3) is 5.69 Å². The highest BCUT2D eigenvalue weighted by atomic mass is 19.1. The Balaban J connectivity index is 1.97. The summed E-state index contributed by atoms with van der Waals surface area (Å²) in [6.45, 7) is 1.59. The Morgan fingerprint density at radius 1 is 1.11 bits per heavy atom. The molecule has 0 atom stereocenters. The lowest BCUT2D eigenvalue weighted by Gasteiger charge is -2.12. The van der Waals surface area contributed by atoms with Crippen molar-refractivity contribution in [1.29, 1.82) is 0 Å². The van der Waals surface area contributed by atoms with Crippen LogP contribution in [0.5, 0.6) is 0 Å². The van der Waals surface area contributed by atoms with Crippen LogP contribution in [0.4, 0.5) is 10.1 Å². The molecule has 0 bridgehead atoms. The maximum absolute atomic E-state index is 14.1. The number of aromatic nitrogens is 2. The zero-order chi connectivity index (χ0) is 20.3. The summed E-state index contributed by atoms with van der Waals surface area (Å²) in [5.41, 5.74) is -0.00170. The average Bonchev–Trinajstić information content (AvgIpc) is 2.68. The number of anilines is 1. The standard InChI is InChI=1S/C20H16FN3O4/c1-12-10-17(25)18(23-24(12)16-9-4-3-8-15(16)21)19(26)22-14-7-5-6-13(11-14)20(27)28-2/h3-11H,1-2H3,(H,22,26). The zero-order valence-corrected chi connectivity index (χ0v) is 15.1. The van der Waals surface area contributed by atoms with Crippen LogP contribution in [0.1, 0.15) is 26.5 Å². The van der Waals surface area contributed by atoms with Gasteiger partial charge in [-0.1, -0.05) is 18.2 Å². The van der Waals surface area contributed by atoms with Crippen molar-refractivity contribution in [1.82, 2.24) is 9.78 Å². The predicted molar refractivity (Wildman–Crippen MR) is 100 cm³/mol. The van der Waals surface area contributed by atoms with Gasteiger partial charge in [-0.3, -0.25) is 9.59 Å². The second-order valence-electron chi connectivity index (χ2n) is 5.89. The van der Waals surface area contributed by atoms with Crippen molar-refractivity contribution < 1.29 is 18.7 Å². The molecule has 0 saturated carbocycles. The van der Waals surface area contributed by atoms with Gasteiger partial charge < -0.3 is 10.1 Å². The molecule has 2 aromatic carbocycles. The van der Waals surface area contributed by atoms with Gasteiger partial charge in [0.2, 0.25) is 5.43 Å². The molecule has 1 amide bonds. The number of hydrogen-bond donors (Lipinski definition) is 1. The molecule has 0 spiro atoms. The molecule has 3 rings (SSSR count). The van der Waals surface area contributed by atoms with E-state index in [0.717, 1.165) is 0 Å². The molecule has 8 heteroatoms. The zero-order valence-electron chi connectivity index (χ0n) is 15.1. The molecule has 1 heterocycles. The van der Waals surface area contributed by atoms with Crippen LogP contribution in [0.3, 0.4) is 0 Å². The highest BCUT2D eigenvalue weighted by Crippen LogP contribution is 2.15. The number of aryl methyl sites for hydroxylation is 1. The summed E-state index contributed by atoms with van der Waals surface area (Å²) < 4.78 is 19.9. The van der Waals surface area contributed by atoms with Crippen LogP contribution in [-0.2, 0) is 4.74 Å². The van der Waals surface area contributed by atoms with Gasteiger partial charge in [0.05, 0.1) is 12.7 Å². The topological polar surface area (TPSA) is 90.3 Å². The number of amides is 1. The second kappa shape index (κ2) is 7.83. The summed E-state index contributed by atoms with van der Waals surface area (Å²) in [5, 5.41) is 6.55. The highest BCUT2D eigenvalue weighted by molar-refractivity contribution is 6.03. The molecule has 0 radical (unpaired) electrons. The summed E-state index contributed by atoms with van der Waals surface area (Å²) in [6, 6.07) is 13.1. The quantitative estimate of drug-likeness (QED) is 0.702. The van der Waals surface area contributed by atoms with Gasteiger partial charge in [-0.15, -0.1) is 0 Å². The number of hydrogen-bond acceptors (Lipinski definition) is 5. The van der Waals surface area contributed by atoms with E-state index in [-0.39, 0.29) is 16.9 Å². The van der Waals surface area contributed by atoms with Crippen molar-refractivity contribution in [3.63, 3.8) is 0 Å². The van der Waals surface area contributed by atoms with Crippen molar-refractivity contribution >= 4 is 17.6 Å². The van der Waals surface area contributed by atoms with Crippen LogP contribution in [0.2, 0.25) is 0 Å². The van der Waals surface area contributed by atoms with Gasteiger partial charge in [0.15, 0.2) is 5.69 Å². The number of halogens is 1. The van der Waals surface area contributed by atoms with E-state index in [2.05, 4.69) is 15.2 Å². The van der Waals surface area contributed by atoms with Crippen molar-refractivity contribution in [3.8, 4) is 5.69 Å². The van der Waals surface area contributed by atoms with E-state index in [0.29, 0.717) is 5.69 Å². The van der Waals surface area contributed by atoms with Crippen LogP contribution >= 0.6 is 0 Å². The molecule has 1 aromatic heterocycles. The highest BCUT2D eigenvalue weighted by Gasteiger charge is 2.17. The molecular formula is C20H16FN3O4. The Morgan fingerprint density at radius 2 is 1.86 bits per heavy atom. The fourth-order valence-corrected chi connectivity index (χ4v) is 2.60. The van der Waals surface area contributed by atoms with E-state index in [1.807, 2.05) is 0 Å². The lowest BCUT2D eigenvalue weighted by atomic mass is 10.2. The first-order chi connectivity index (χ1) is 13.4. The van der Waals surface area contributed by atoms with Gasteiger partial charge in [-0.05, 0) is 37.3 Å². The number of carbonyl (C=O) groups is 2. The van der Waals surface area contributed by atoms with Gasteiger partial charge in [0.1, 0.15) is 11.5 Å². The molecule has 0 fully saturated rings. The SMILES string of the molecule is COC(=O)c1cccc(NC(=O)c2nn(-c3ccccc3F)c(C)cc2=O)c1. The van der Waals surface area contributed by atoms with Crippen LogP contribution < -0.4 is 10.7 Å². The lowest BCUT2D eigenvalue weighted by Crippen LogP contribution is -2.27. The summed E-state index contributed by atoms with van der Waals surface area (Å²) in [4.78, 5) is 36.4. The minimum absolute atomic E-state index is 0.113. The minimum atomic E-state index is -0.780. The lowest BCUT2D eigenvalue weighted by molar-refractivity contribution is 0.0600. The van der Waals surface area contributed by atoms with Gasteiger partial charge in [-0.2, -0.15) is 5.10 Å². The molecule has 1 N–H and O–H groups in total. The first-order valence-corrected chi connectivity index (χ1v) is 8.26. The van der Waals surface area contributed by atoms with E-state index in [1.54, 1.807) is 25.1 Å². The number of methoxy groups -OCH3 is 1. The van der Waals surface area contributed by atoms with Crippen molar-refractivity contribution in [2.45, 2.75) is 6.92 Å². The minimum Gasteiger partial charge on any atom is -0.465 e. The van der Waals surface area contributed by atoms with Crippen molar-refractivity contribution in [3.05, 3.63) is 87.6 Å². The normalized spacial score (nSPS) is 10.4. The van der Waals surface area contributed by atoms with Crippen molar-refractivity contribution in [2.24, 2.45) is 0 Å².